The molecule has 1 amide bonds. The molecule has 2 aromatic carbocycles. The number of aryl methyl sites for hydroxylation is 2. The minimum absolute atomic E-state index is 0.255. The number of carbonyl (C=O) groups excluding carboxylic acids is 1. The number of nitrogens with zero attached hydrogens (tertiary/aromatic N) is 2. The first-order valence-electron chi connectivity index (χ1n) is 8.96. The van der Waals surface area contributed by atoms with Gasteiger partial charge in [-0.1, -0.05) is 6.07 Å². The Kier molecular flexibility index (Phi) is 4.80. The molecule has 0 aliphatic carbocycles. The zero-order chi connectivity index (χ0) is 19.5. The summed E-state index contributed by atoms with van der Waals surface area (Å²) in [6.45, 7) is 5.11. The first-order chi connectivity index (χ1) is 13.6. The number of hydrogen-bond donors (Lipinski definition) is 2. The van der Waals surface area contributed by atoms with Crippen molar-refractivity contribution in [2.45, 2.75) is 13.8 Å². The van der Waals surface area contributed by atoms with Crippen molar-refractivity contribution in [1.82, 2.24) is 9.97 Å². The summed E-state index contributed by atoms with van der Waals surface area (Å²) in [5, 5.41) is 5.95. The molecule has 0 atom stereocenters. The summed E-state index contributed by atoms with van der Waals surface area (Å²) in [5.74, 6) is 1.53. The molecule has 0 unspecified atom stereocenters. The number of anilines is 3. The molecule has 1 aliphatic rings. The van der Waals surface area contributed by atoms with Gasteiger partial charge in [-0.3, -0.25) is 4.79 Å². The van der Waals surface area contributed by atoms with Crippen molar-refractivity contribution in [2.75, 3.05) is 23.8 Å². The molecule has 7 nitrogen and oxygen atoms in total. The van der Waals surface area contributed by atoms with Crippen LogP contribution >= 0.6 is 0 Å². The molecule has 2 N–H and O–H groups in total. The summed E-state index contributed by atoms with van der Waals surface area (Å²) in [4.78, 5) is 20.8. The average Bonchev–Trinajstić information content (AvgIpc) is 2.71. The SMILES string of the molecule is Cc1ccc(NC(=O)c2cnc(Nc3ccc4c(c3)OCCO4)nc2)cc1C. The van der Waals surface area contributed by atoms with Gasteiger partial charge in [0.1, 0.15) is 13.2 Å². The standard InChI is InChI=1S/C21H20N4O3/c1-13-3-4-16(9-14(13)2)24-20(26)15-11-22-21(23-12-15)25-17-5-6-18-19(10-17)28-8-7-27-18/h3-6,9-12H,7-8H2,1-2H3,(H,24,26)(H,22,23,25). The molecule has 0 fully saturated rings. The number of benzene rings is 2. The molecule has 28 heavy (non-hydrogen) atoms. The van der Waals surface area contributed by atoms with E-state index >= 15 is 0 Å². The van der Waals surface area contributed by atoms with E-state index in [-0.39, 0.29) is 5.91 Å². The normalized spacial score (nSPS) is 12.4. The molecule has 142 valence electrons. The van der Waals surface area contributed by atoms with Gasteiger partial charge in [0.2, 0.25) is 5.95 Å². The Morgan fingerprint density at radius 2 is 1.61 bits per heavy atom. The Hall–Kier alpha value is -3.61. The molecule has 0 saturated carbocycles. The van der Waals surface area contributed by atoms with Gasteiger partial charge < -0.3 is 20.1 Å². The number of ether oxygens (including phenoxy) is 2. The molecule has 2 heterocycles. The van der Waals surface area contributed by atoms with E-state index in [0.29, 0.717) is 30.5 Å². The van der Waals surface area contributed by atoms with Gasteiger partial charge >= 0.3 is 0 Å². The lowest BCUT2D eigenvalue weighted by Gasteiger charge is -2.19. The van der Waals surface area contributed by atoms with E-state index in [1.165, 1.54) is 18.0 Å². The Morgan fingerprint density at radius 1 is 0.893 bits per heavy atom. The van der Waals surface area contributed by atoms with Crippen molar-refractivity contribution in [3.8, 4) is 11.5 Å². The summed E-state index contributed by atoms with van der Waals surface area (Å²) >= 11 is 0. The van der Waals surface area contributed by atoms with Crippen LogP contribution in [0.15, 0.2) is 48.8 Å². The highest BCUT2D eigenvalue weighted by Gasteiger charge is 2.13. The number of aromatic nitrogens is 2. The van der Waals surface area contributed by atoms with E-state index in [0.717, 1.165) is 22.7 Å². The molecule has 0 saturated heterocycles. The van der Waals surface area contributed by atoms with Crippen LogP contribution < -0.4 is 20.1 Å². The van der Waals surface area contributed by atoms with Crippen molar-refractivity contribution in [3.63, 3.8) is 0 Å². The lowest BCUT2D eigenvalue weighted by atomic mass is 10.1. The molecule has 0 bridgehead atoms. The van der Waals surface area contributed by atoms with Gasteiger partial charge in [-0.05, 0) is 49.2 Å². The van der Waals surface area contributed by atoms with Crippen LogP contribution in [-0.4, -0.2) is 29.1 Å². The molecule has 4 rings (SSSR count). The summed E-state index contributed by atoms with van der Waals surface area (Å²) < 4.78 is 11.1. The van der Waals surface area contributed by atoms with Crippen LogP contribution in [0, 0.1) is 13.8 Å². The smallest absolute Gasteiger partial charge is 0.258 e. The van der Waals surface area contributed by atoms with Gasteiger partial charge in [-0.25, -0.2) is 9.97 Å². The maximum atomic E-state index is 12.4. The largest absolute Gasteiger partial charge is 0.486 e. The van der Waals surface area contributed by atoms with Gasteiger partial charge in [0, 0.05) is 29.8 Å². The van der Waals surface area contributed by atoms with Crippen LogP contribution in [0.5, 0.6) is 11.5 Å². The van der Waals surface area contributed by atoms with Gasteiger partial charge in [0.15, 0.2) is 11.5 Å². The summed E-state index contributed by atoms with van der Waals surface area (Å²) in [6, 6.07) is 11.3. The molecular formula is C21H20N4O3. The van der Waals surface area contributed by atoms with Crippen LogP contribution in [0.1, 0.15) is 21.5 Å². The Balaban J connectivity index is 1.43. The number of hydrogen-bond acceptors (Lipinski definition) is 6. The van der Waals surface area contributed by atoms with Crippen LogP contribution in [-0.2, 0) is 0 Å². The third-order valence-electron chi connectivity index (χ3n) is 4.48. The maximum absolute atomic E-state index is 12.4. The predicted molar refractivity (Wildman–Crippen MR) is 107 cm³/mol. The second-order valence-corrected chi connectivity index (χ2v) is 6.53. The monoisotopic (exact) mass is 376 g/mol. The highest BCUT2D eigenvalue weighted by atomic mass is 16.6. The van der Waals surface area contributed by atoms with E-state index < -0.39 is 0 Å². The zero-order valence-electron chi connectivity index (χ0n) is 15.7. The molecule has 3 aromatic rings. The molecule has 0 radical (unpaired) electrons. The lowest BCUT2D eigenvalue weighted by Crippen LogP contribution is -2.15. The van der Waals surface area contributed by atoms with Crippen LogP contribution in [0.2, 0.25) is 0 Å². The average molecular weight is 376 g/mol. The highest BCUT2D eigenvalue weighted by molar-refractivity contribution is 6.03. The third-order valence-corrected chi connectivity index (χ3v) is 4.48. The first kappa shape index (κ1) is 17.8. The van der Waals surface area contributed by atoms with Crippen LogP contribution in [0.3, 0.4) is 0 Å². The van der Waals surface area contributed by atoms with Crippen molar-refractivity contribution < 1.29 is 14.3 Å². The second kappa shape index (κ2) is 7.56. The third kappa shape index (κ3) is 3.88. The van der Waals surface area contributed by atoms with E-state index in [1.54, 1.807) is 0 Å². The fourth-order valence-electron chi connectivity index (χ4n) is 2.78. The van der Waals surface area contributed by atoms with Crippen molar-refractivity contribution in [1.29, 1.82) is 0 Å². The summed E-state index contributed by atoms with van der Waals surface area (Å²) in [5.41, 5.74) is 4.19. The predicted octanol–water partition coefficient (Wildman–Crippen LogP) is 3.86. The van der Waals surface area contributed by atoms with Gasteiger partial charge in [0.25, 0.3) is 5.91 Å². The van der Waals surface area contributed by atoms with Crippen molar-refractivity contribution in [2.24, 2.45) is 0 Å². The van der Waals surface area contributed by atoms with Crippen molar-refractivity contribution in [3.05, 3.63) is 65.5 Å². The molecule has 0 spiro atoms. The Labute approximate surface area is 162 Å². The number of rotatable bonds is 4. The minimum atomic E-state index is -0.255. The topological polar surface area (TPSA) is 85.4 Å². The van der Waals surface area contributed by atoms with Gasteiger partial charge in [-0.15, -0.1) is 0 Å². The molecule has 1 aliphatic heterocycles. The van der Waals surface area contributed by atoms with Gasteiger partial charge in [0.05, 0.1) is 5.56 Å². The lowest BCUT2D eigenvalue weighted by molar-refractivity contribution is 0.102. The minimum Gasteiger partial charge on any atom is -0.486 e. The summed E-state index contributed by atoms with van der Waals surface area (Å²) in [6.07, 6.45) is 2.98. The van der Waals surface area contributed by atoms with Crippen molar-refractivity contribution >= 4 is 23.2 Å². The van der Waals surface area contributed by atoms with E-state index in [9.17, 15) is 4.79 Å². The van der Waals surface area contributed by atoms with Gasteiger partial charge in [-0.2, -0.15) is 0 Å². The Morgan fingerprint density at radius 3 is 2.36 bits per heavy atom. The Bertz CT molecular complexity index is 1020. The maximum Gasteiger partial charge on any atom is 0.258 e. The molecular weight excluding hydrogens is 356 g/mol. The fourth-order valence-corrected chi connectivity index (χ4v) is 2.78. The van der Waals surface area contributed by atoms with Crippen LogP contribution in [0.4, 0.5) is 17.3 Å². The number of fused-ring (bicyclic) bond motifs is 1. The van der Waals surface area contributed by atoms with E-state index in [4.69, 9.17) is 9.47 Å². The molecule has 7 heteroatoms. The zero-order valence-corrected chi connectivity index (χ0v) is 15.7. The number of amides is 1. The highest BCUT2D eigenvalue weighted by Crippen LogP contribution is 2.33. The number of nitrogens with one attached hydrogen (secondary N) is 2. The van der Waals surface area contributed by atoms with E-state index in [2.05, 4.69) is 20.6 Å². The summed E-state index contributed by atoms with van der Waals surface area (Å²) in [7, 11) is 0. The van der Waals surface area contributed by atoms with E-state index in [1.807, 2.05) is 50.2 Å². The molecule has 1 aromatic heterocycles. The fraction of sp³-hybridized carbons (Fsp3) is 0.190. The second-order valence-electron chi connectivity index (χ2n) is 6.53. The van der Waals surface area contributed by atoms with Crippen LogP contribution in [0.25, 0.3) is 0 Å². The first-order valence-corrected chi connectivity index (χ1v) is 8.96. The number of carbonyl (C=O) groups is 1. The quantitative estimate of drug-likeness (QED) is 0.719.